The largest absolute Gasteiger partial charge is 0.491 e. The molecule has 2 aliphatic rings. The molecule has 0 radical (unpaired) electrons. The average Bonchev–Trinajstić information content (AvgIpc) is 2.41. The fourth-order valence-corrected chi connectivity index (χ4v) is 3.49. The SMILES string of the molecule is CC(C)Oc1ccc(C2(O)CC3COCC(C2)N3C)cc1. The van der Waals surface area contributed by atoms with E-state index >= 15 is 0 Å². The summed E-state index contributed by atoms with van der Waals surface area (Å²) in [6.45, 7) is 5.45. The van der Waals surface area contributed by atoms with E-state index in [2.05, 4.69) is 11.9 Å². The van der Waals surface area contributed by atoms with Gasteiger partial charge in [-0.3, -0.25) is 4.90 Å². The fourth-order valence-electron chi connectivity index (χ4n) is 3.49. The van der Waals surface area contributed by atoms with Gasteiger partial charge in [0.2, 0.25) is 0 Å². The molecular weight excluding hydrogens is 266 g/mol. The first-order valence-corrected chi connectivity index (χ1v) is 7.77. The second-order valence-corrected chi connectivity index (χ2v) is 6.64. The molecule has 2 aliphatic heterocycles. The van der Waals surface area contributed by atoms with Crippen molar-refractivity contribution in [3.63, 3.8) is 0 Å². The summed E-state index contributed by atoms with van der Waals surface area (Å²) >= 11 is 0. The monoisotopic (exact) mass is 291 g/mol. The van der Waals surface area contributed by atoms with Gasteiger partial charge in [0, 0.05) is 12.1 Å². The Balaban J connectivity index is 1.79. The number of fused-ring (bicyclic) bond motifs is 2. The van der Waals surface area contributed by atoms with Crippen LogP contribution in [0, 0.1) is 0 Å². The number of benzene rings is 1. The topological polar surface area (TPSA) is 41.9 Å². The third-order valence-electron chi connectivity index (χ3n) is 4.68. The summed E-state index contributed by atoms with van der Waals surface area (Å²) < 4.78 is 11.3. The van der Waals surface area contributed by atoms with Crippen molar-refractivity contribution < 1.29 is 14.6 Å². The molecule has 2 bridgehead atoms. The summed E-state index contributed by atoms with van der Waals surface area (Å²) in [5.74, 6) is 0.855. The van der Waals surface area contributed by atoms with Crippen molar-refractivity contribution in [2.45, 2.75) is 50.5 Å². The molecule has 4 heteroatoms. The normalized spacial score (nSPS) is 33.2. The zero-order chi connectivity index (χ0) is 15.0. The molecule has 3 rings (SSSR count). The lowest BCUT2D eigenvalue weighted by molar-refractivity contribution is -0.137. The third kappa shape index (κ3) is 2.93. The molecule has 0 spiro atoms. The van der Waals surface area contributed by atoms with Crippen LogP contribution in [0.4, 0.5) is 0 Å². The molecule has 0 saturated carbocycles. The lowest BCUT2D eigenvalue weighted by Gasteiger charge is -2.50. The van der Waals surface area contributed by atoms with Gasteiger partial charge >= 0.3 is 0 Å². The zero-order valence-electron chi connectivity index (χ0n) is 13.1. The quantitative estimate of drug-likeness (QED) is 0.926. The maximum absolute atomic E-state index is 11.1. The lowest BCUT2D eigenvalue weighted by atomic mass is 9.77. The fraction of sp³-hybridized carbons (Fsp3) is 0.647. The predicted octanol–water partition coefficient (Wildman–Crippen LogP) is 2.15. The Labute approximate surface area is 126 Å². The molecule has 1 N–H and O–H groups in total. The Hall–Kier alpha value is -1.10. The van der Waals surface area contributed by atoms with Gasteiger partial charge in [0.1, 0.15) is 5.75 Å². The van der Waals surface area contributed by atoms with E-state index in [1.807, 2.05) is 38.1 Å². The van der Waals surface area contributed by atoms with E-state index in [1.165, 1.54) is 0 Å². The second kappa shape index (κ2) is 5.59. The van der Waals surface area contributed by atoms with Gasteiger partial charge in [0.25, 0.3) is 0 Å². The molecule has 2 fully saturated rings. The van der Waals surface area contributed by atoms with Crippen LogP contribution in [0.15, 0.2) is 24.3 Å². The van der Waals surface area contributed by atoms with E-state index < -0.39 is 5.60 Å². The van der Waals surface area contributed by atoms with Crippen LogP contribution in [0.2, 0.25) is 0 Å². The van der Waals surface area contributed by atoms with Gasteiger partial charge in [0.05, 0.1) is 24.9 Å². The summed E-state index contributed by atoms with van der Waals surface area (Å²) in [5.41, 5.74) is 0.241. The molecule has 0 aliphatic carbocycles. The highest BCUT2D eigenvalue weighted by atomic mass is 16.5. The van der Waals surface area contributed by atoms with Gasteiger partial charge in [-0.05, 0) is 51.4 Å². The molecule has 2 saturated heterocycles. The Morgan fingerprint density at radius 3 is 2.29 bits per heavy atom. The van der Waals surface area contributed by atoms with Crippen molar-refractivity contribution in [2.75, 3.05) is 20.3 Å². The maximum Gasteiger partial charge on any atom is 0.119 e. The van der Waals surface area contributed by atoms with Crippen molar-refractivity contribution in [1.82, 2.24) is 4.90 Å². The summed E-state index contributed by atoms with van der Waals surface area (Å²) in [4.78, 5) is 2.36. The number of morpholine rings is 1. The molecule has 2 unspecified atom stereocenters. The van der Waals surface area contributed by atoms with E-state index in [-0.39, 0.29) is 6.10 Å². The number of piperidine rings is 1. The molecule has 4 nitrogen and oxygen atoms in total. The number of aliphatic hydroxyl groups is 1. The van der Waals surface area contributed by atoms with Crippen LogP contribution >= 0.6 is 0 Å². The first kappa shape index (κ1) is 14.8. The van der Waals surface area contributed by atoms with E-state index in [9.17, 15) is 5.11 Å². The average molecular weight is 291 g/mol. The molecule has 21 heavy (non-hydrogen) atoms. The van der Waals surface area contributed by atoms with Gasteiger partial charge in [-0.25, -0.2) is 0 Å². The first-order chi connectivity index (χ1) is 9.98. The Kier molecular flexibility index (Phi) is 3.95. The van der Waals surface area contributed by atoms with Crippen molar-refractivity contribution in [3.8, 4) is 5.75 Å². The number of ether oxygens (including phenoxy) is 2. The molecule has 2 heterocycles. The highest BCUT2D eigenvalue weighted by Crippen LogP contribution is 2.40. The van der Waals surface area contributed by atoms with E-state index in [0.717, 1.165) is 24.2 Å². The third-order valence-corrected chi connectivity index (χ3v) is 4.68. The van der Waals surface area contributed by atoms with Gasteiger partial charge < -0.3 is 14.6 Å². The number of rotatable bonds is 3. The number of nitrogens with zero attached hydrogens (tertiary/aromatic N) is 1. The Morgan fingerprint density at radius 1 is 1.19 bits per heavy atom. The molecule has 0 amide bonds. The summed E-state index contributed by atoms with van der Waals surface area (Å²) in [6, 6.07) is 8.51. The lowest BCUT2D eigenvalue weighted by Crippen LogP contribution is -2.59. The highest BCUT2D eigenvalue weighted by Gasteiger charge is 2.45. The maximum atomic E-state index is 11.1. The predicted molar refractivity (Wildman–Crippen MR) is 81.5 cm³/mol. The molecular formula is C17H25NO3. The van der Waals surface area contributed by atoms with Gasteiger partial charge in [0.15, 0.2) is 0 Å². The molecule has 1 aromatic carbocycles. The van der Waals surface area contributed by atoms with Crippen LogP contribution in [-0.2, 0) is 10.3 Å². The van der Waals surface area contributed by atoms with E-state index in [4.69, 9.17) is 9.47 Å². The number of likely N-dealkylation sites (N-methyl/N-ethyl adjacent to an activating group) is 1. The minimum atomic E-state index is -0.748. The zero-order valence-corrected chi connectivity index (χ0v) is 13.1. The molecule has 1 aromatic rings. The van der Waals surface area contributed by atoms with Crippen LogP contribution in [0.5, 0.6) is 5.75 Å². The number of hydrogen-bond acceptors (Lipinski definition) is 4. The van der Waals surface area contributed by atoms with Gasteiger partial charge in [-0.2, -0.15) is 0 Å². The van der Waals surface area contributed by atoms with E-state index in [1.54, 1.807) is 0 Å². The summed E-state index contributed by atoms with van der Waals surface area (Å²) in [6.07, 6.45) is 1.62. The molecule has 0 aromatic heterocycles. The van der Waals surface area contributed by atoms with Crippen LogP contribution in [-0.4, -0.2) is 48.5 Å². The minimum absolute atomic E-state index is 0.166. The van der Waals surface area contributed by atoms with Gasteiger partial charge in [-0.15, -0.1) is 0 Å². The van der Waals surface area contributed by atoms with Crippen molar-refractivity contribution >= 4 is 0 Å². The van der Waals surface area contributed by atoms with Crippen LogP contribution in [0.25, 0.3) is 0 Å². The summed E-state index contributed by atoms with van der Waals surface area (Å²) in [5, 5.41) is 11.1. The van der Waals surface area contributed by atoms with Crippen LogP contribution in [0.1, 0.15) is 32.3 Å². The smallest absolute Gasteiger partial charge is 0.119 e. The van der Waals surface area contributed by atoms with E-state index in [0.29, 0.717) is 25.3 Å². The molecule has 2 atom stereocenters. The van der Waals surface area contributed by atoms with Crippen molar-refractivity contribution in [2.24, 2.45) is 0 Å². The van der Waals surface area contributed by atoms with Crippen molar-refractivity contribution in [3.05, 3.63) is 29.8 Å². The highest BCUT2D eigenvalue weighted by molar-refractivity contribution is 5.32. The van der Waals surface area contributed by atoms with Crippen molar-refractivity contribution in [1.29, 1.82) is 0 Å². The second-order valence-electron chi connectivity index (χ2n) is 6.64. The molecule has 116 valence electrons. The minimum Gasteiger partial charge on any atom is -0.491 e. The first-order valence-electron chi connectivity index (χ1n) is 7.77. The Bertz CT molecular complexity index is 471. The van der Waals surface area contributed by atoms with Crippen LogP contribution in [0.3, 0.4) is 0 Å². The standard InChI is InChI=1S/C17H25NO3/c1-12(2)21-16-6-4-13(5-7-16)17(19)8-14-10-20-11-15(9-17)18(14)3/h4-7,12,14-15,19H,8-11H2,1-3H3. The van der Waals surface area contributed by atoms with Crippen LogP contribution < -0.4 is 4.74 Å². The van der Waals surface area contributed by atoms with Gasteiger partial charge in [-0.1, -0.05) is 12.1 Å². The number of hydrogen-bond donors (Lipinski definition) is 1. The summed E-state index contributed by atoms with van der Waals surface area (Å²) in [7, 11) is 2.14. The Morgan fingerprint density at radius 2 is 1.76 bits per heavy atom.